The Morgan fingerprint density at radius 3 is 2.84 bits per heavy atom. The average Bonchev–Trinajstić information content (AvgIpc) is 2.76. The number of aryl methyl sites for hydroxylation is 1. The van der Waals surface area contributed by atoms with E-state index in [1.807, 2.05) is 19.9 Å². The summed E-state index contributed by atoms with van der Waals surface area (Å²) in [4.78, 5) is 17.1. The maximum atomic E-state index is 12.3. The predicted molar refractivity (Wildman–Crippen MR) is 80.2 cm³/mol. The van der Waals surface area contributed by atoms with Gasteiger partial charge in [0.05, 0.1) is 21.5 Å². The van der Waals surface area contributed by atoms with E-state index in [0.29, 0.717) is 22.8 Å². The first-order chi connectivity index (χ1) is 9.11. The van der Waals surface area contributed by atoms with Crippen LogP contribution >= 0.6 is 27.3 Å². The summed E-state index contributed by atoms with van der Waals surface area (Å²) in [6.07, 6.45) is 4.13. The first-order valence-corrected chi connectivity index (χ1v) is 7.61. The fraction of sp³-hybridized carbons (Fsp3) is 0.286. The molecular formula is C14H14BrNO2S. The lowest BCUT2D eigenvalue weighted by Crippen LogP contribution is -2.02. The van der Waals surface area contributed by atoms with E-state index >= 15 is 0 Å². The molecule has 0 saturated heterocycles. The van der Waals surface area contributed by atoms with Crippen LogP contribution in [0.5, 0.6) is 5.75 Å². The minimum atomic E-state index is -0.0201. The molecular weight excluding hydrogens is 326 g/mol. The normalized spacial score (nSPS) is 10.5. The first kappa shape index (κ1) is 14.2. The molecule has 0 atom stereocenters. The van der Waals surface area contributed by atoms with Gasteiger partial charge in [0.15, 0.2) is 0 Å². The number of ether oxygens (including phenoxy) is 1. The Morgan fingerprint density at radius 2 is 2.21 bits per heavy atom. The number of rotatable bonds is 5. The molecule has 2 heterocycles. The summed E-state index contributed by atoms with van der Waals surface area (Å²) in [6, 6.07) is 3.63. The van der Waals surface area contributed by atoms with E-state index in [2.05, 4.69) is 20.9 Å². The van der Waals surface area contributed by atoms with Crippen LogP contribution in [0.25, 0.3) is 0 Å². The van der Waals surface area contributed by atoms with Gasteiger partial charge in [0.2, 0.25) is 5.78 Å². The minimum Gasteiger partial charge on any atom is -0.492 e. The Hall–Kier alpha value is -1.20. The van der Waals surface area contributed by atoms with Crippen molar-refractivity contribution in [3.63, 3.8) is 0 Å². The summed E-state index contributed by atoms with van der Waals surface area (Å²) in [6.45, 7) is 4.63. The van der Waals surface area contributed by atoms with E-state index in [1.165, 1.54) is 11.3 Å². The number of hydrogen-bond acceptors (Lipinski definition) is 4. The van der Waals surface area contributed by atoms with E-state index in [9.17, 15) is 4.79 Å². The van der Waals surface area contributed by atoms with Crippen molar-refractivity contribution < 1.29 is 9.53 Å². The Balaban J connectivity index is 2.23. The number of aromatic nitrogens is 1. The number of hydrogen-bond donors (Lipinski definition) is 0. The molecule has 0 amide bonds. The van der Waals surface area contributed by atoms with Crippen LogP contribution in [0, 0.1) is 6.92 Å². The molecule has 0 aliphatic carbocycles. The van der Waals surface area contributed by atoms with Crippen LogP contribution in [0.1, 0.15) is 34.1 Å². The quantitative estimate of drug-likeness (QED) is 0.765. The molecule has 3 nitrogen and oxygen atoms in total. The van der Waals surface area contributed by atoms with Crippen LogP contribution < -0.4 is 4.74 Å². The molecule has 0 unspecified atom stereocenters. The van der Waals surface area contributed by atoms with Crippen molar-refractivity contribution in [2.75, 3.05) is 6.61 Å². The van der Waals surface area contributed by atoms with Crippen LogP contribution in [-0.2, 0) is 0 Å². The molecule has 0 fully saturated rings. The zero-order chi connectivity index (χ0) is 13.8. The lowest BCUT2D eigenvalue weighted by molar-refractivity contribution is 0.104. The molecule has 0 N–H and O–H groups in total. The fourth-order valence-electron chi connectivity index (χ4n) is 1.56. The molecule has 0 aromatic carbocycles. The Bertz CT molecular complexity index is 575. The molecule has 2 rings (SSSR count). The monoisotopic (exact) mass is 339 g/mol. The second-order valence-electron chi connectivity index (χ2n) is 4.15. The lowest BCUT2D eigenvalue weighted by Gasteiger charge is -2.05. The third-order valence-electron chi connectivity index (χ3n) is 2.53. The molecule has 0 aliphatic heterocycles. The van der Waals surface area contributed by atoms with Gasteiger partial charge in [-0.2, -0.15) is 0 Å². The van der Waals surface area contributed by atoms with Gasteiger partial charge >= 0.3 is 0 Å². The van der Waals surface area contributed by atoms with Crippen molar-refractivity contribution in [3.8, 4) is 5.75 Å². The third-order valence-corrected chi connectivity index (χ3v) is 4.66. The van der Waals surface area contributed by atoms with Crippen molar-refractivity contribution in [1.29, 1.82) is 0 Å². The van der Waals surface area contributed by atoms with Gasteiger partial charge in [-0.05, 0) is 47.0 Å². The van der Waals surface area contributed by atoms with E-state index in [4.69, 9.17) is 4.74 Å². The van der Waals surface area contributed by atoms with Crippen molar-refractivity contribution >= 4 is 33.0 Å². The van der Waals surface area contributed by atoms with Crippen LogP contribution in [-0.4, -0.2) is 17.4 Å². The van der Waals surface area contributed by atoms with Crippen LogP contribution in [0.4, 0.5) is 0 Å². The van der Waals surface area contributed by atoms with Gasteiger partial charge in [0, 0.05) is 11.8 Å². The number of thiophene rings is 1. The molecule has 19 heavy (non-hydrogen) atoms. The molecule has 0 aliphatic rings. The van der Waals surface area contributed by atoms with E-state index in [0.717, 1.165) is 15.8 Å². The van der Waals surface area contributed by atoms with Gasteiger partial charge < -0.3 is 4.74 Å². The van der Waals surface area contributed by atoms with Gasteiger partial charge in [0.1, 0.15) is 5.75 Å². The maximum absolute atomic E-state index is 12.3. The molecule has 0 saturated carbocycles. The molecule has 0 radical (unpaired) electrons. The van der Waals surface area contributed by atoms with Crippen LogP contribution in [0.3, 0.4) is 0 Å². The van der Waals surface area contributed by atoms with Crippen LogP contribution in [0.2, 0.25) is 0 Å². The van der Waals surface area contributed by atoms with E-state index in [1.54, 1.807) is 18.5 Å². The molecule has 0 spiro atoms. The molecule has 0 bridgehead atoms. The summed E-state index contributed by atoms with van der Waals surface area (Å²) < 4.78 is 6.48. The highest BCUT2D eigenvalue weighted by Crippen LogP contribution is 2.29. The Labute approximate surface area is 124 Å². The highest BCUT2D eigenvalue weighted by molar-refractivity contribution is 9.11. The van der Waals surface area contributed by atoms with Gasteiger partial charge in [-0.15, -0.1) is 11.3 Å². The number of ketones is 1. The molecule has 5 heteroatoms. The summed E-state index contributed by atoms with van der Waals surface area (Å²) in [5.74, 6) is 0.619. The summed E-state index contributed by atoms with van der Waals surface area (Å²) in [7, 11) is 0. The van der Waals surface area contributed by atoms with Crippen molar-refractivity contribution in [3.05, 3.63) is 44.3 Å². The second-order valence-corrected chi connectivity index (χ2v) is 6.52. The highest BCUT2D eigenvalue weighted by Gasteiger charge is 2.14. The van der Waals surface area contributed by atoms with Gasteiger partial charge in [-0.25, -0.2) is 0 Å². The number of carbonyl (C=O) groups is 1. The Kier molecular flexibility index (Phi) is 4.71. The number of halogens is 1. The molecule has 100 valence electrons. The zero-order valence-corrected chi connectivity index (χ0v) is 13.2. The maximum Gasteiger partial charge on any atom is 0.204 e. The van der Waals surface area contributed by atoms with Gasteiger partial charge in [-0.3, -0.25) is 9.78 Å². The summed E-state index contributed by atoms with van der Waals surface area (Å²) >= 11 is 4.87. The lowest BCUT2D eigenvalue weighted by atomic mass is 10.1. The number of nitrogens with zero attached hydrogens (tertiary/aromatic N) is 1. The van der Waals surface area contributed by atoms with Crippen LogP contribution in [0.15, 0.2) is 28.3 Å². The van der Waals surface area contributed by atoms with E-state index < -0.39 is 0 Å². The average molecular weight is 340 g/mol. The fourth-order valence-corrected chi connectivity index (χ4v) is 3.05. The van der Waals surface area contributed by atoms with Gasteiger partial charge in [-0.1, -0.05) is 6.92 Å². The summed E-state index contributed by atoms with van der Waals surface area (Å²) in [5.41, 5.74) is 1.63. The van der Waals surface area contributed by atoms with Gasteiger partial charge in [0.25, 0.3) is 0 Å². The molecule has 2 aromatic rings. The number of pyridine rings is 1. The minimum absolute atomic E-state index is 0.0201. The predicted octanol–water partition coefficient (Wildman–Crippen LogP) is 4.23. The summed E-state index contributed by atoms with van der Waals surface area (Å²) in [5, 5.41) is 0. The number of carbonyl (C=O) groups excluding carboxylic acids is 1. The second kappa shape index (κ2) is 6.30. The Morgan fingerprint density at radius 1 is 1.42 bits per heavy atom. The first-order valence-electron chi connectivity index (χ1n) is 6.00. The van der Waals surface area contributed by atoms with Crippen molar-refractivity contribution in [2.24, 2.45) is 0 Å². The zero-order valence-electron chi connectivity index (χ0n) is 10.8. The SMILES string of the molecule is CCCOc1cncc(C(=O)c2cc(C)c(Br)s2)c1. The molecule has 2 aromatic heterocycles. The van der Waals surface area contributed by atoms with Crippen molar-refractivity contribution in [2.45, 2.75) is 20.3 Å². The largest absolute Gasteiger partial charge is 0.492 e. The van der Waals surface area contributed by atoms with E-state index in [-0.39, 0.29) is 5.78 Å². The highest BCUT2D eigenvalue weighted by atomic mass is 79.9. The standard InChI is InChI=1S/C14H14BrNO2S/c1-3-4-18-11-6-10(7-16-8-11)13(17)12-5-9(2)14(15)19-12/h5-8H,3-4H2,1-2H3. The third kappa shape index (κ3) is 3.42. The van der Waals surface area contributed by atoms with Crippen molar-refractivity contribution in [1.82, 2.24) is 4.98 Å². The topological polar surface area (TPSA) is 39.2 Å². The smallest absolute Gasteiger partial charge is 0.204 e.